The van der Waals surface area contributed by atoms with Crippen molar-refractivity contribution in [3.05, 3.63) is 83.4 Å². The summed E-state index contributed by atoms with van der Waals surface area (Å²) < 4.78 is 0. The predicted molar refractivity (Wildman–Crippen MR) is 124 cm³/mol. The van der Waals surface area contributed by atoms with E-state index < -0.39 is 0 Å². The number of fused-ring (bicyclic) bond motifs is 1. The number of nitrogens with zero attached hydrogens (tertiary/aromatic N) is 1. The Hall–Kier alpha value is -3.18. The van der Waals surface area contributed by atoms with Crippen LogP contribution >= 0.6 is 0 Å². The van der Waals surface area contributed by atoms with Crippen molar-refractivity contribution in [2.75, 3.05) is 19.6 Å². The fourth-order valence-corrected chi connectivity index (χ4v) is 4.07. The van der Waals surface area contributed by atoms with Crippen molar-refractivity contribution < 1.29 is 9.59 Å². The number of hydrogen-bond donors (Lipinski definition) is 2. The van der Waals surface area contributed by atoms with Crippen molar-refractivity contribution in [2.24, 2.45) is 0 Å². The van der Waals surface area contributed by atoms with Gasteiger partial charge in [0.2, 0.25) is 5.91 Å². The third-order valence-electron chi connectivity index (χ3n) is 5.84. The number of carbonyl (C=O) groups excluding carboxylic acids is 2. The van der Waals surface area contributed by atoms with Crippen LogP contribution in [-0.4, -0.2) is 36.3 Å². The molecule has 0 radical (unpaired) electrons. The van der Waals surface area contributed by atoms with Crippen molar-refractivity contribution in [2.45, 2.75) is 32.4 Å². The van der Waals surface area contributed by atoms with E-state index in [1.54, 1.807) is 0 Å². The first kappa shape index (κ1) is 21.1. The lowest BCUT2D eigenvalue weighted by atomic mass is 10.1. The minimum Gasteiger partial charge on any atom is -0.352 e. The number of carbonyl (C=O) groups is 2. The molecule has 0 atom stereocenters. The molecule has 5 nitrogen and oxygen atoms in total. The SMILES string of the molecule is O=C(CCNC(=O)c1ccc2ccccc2c1)NCc1ccccc1CN1CCCC1. The maximum atomic E-state index is 12.4. The molecular formula is C26H29N3O2. The molecule has 1 saturated heterocycles. The Morgan fingerprint density at radius 1 is 0.806 bits per heavy atom. The lowest BCUT2D eigenvalue weighted by Gasteiger charge is -2.17. The summed E-state index contributed by atoms with van der Waals surface area (Å²) in [6.45, 7) is 4.07. The summed E-state index contributed by atoms with van der Waals surface area (Å²) in [5.74, 6) is -0.218. The van der Waals surface area contributed by atoms with Crippen LogP contribution in [0.2, 0.25) is 0 Å². The number of hydrogen-bond acceptors (Lipinski definition) is 3. The van der Waals surface area contributed by atoms with Crippen molar-refractivity contribution in [1.82, 2.24) is 15.5 Å². The van der Waals surface area contributed by atoms with E-state index in [9.17, 15) is 9.59 Å². The van der Waals surface area contributed by atoms with Crippen molar-refractivity contribution >= 4 is 22.6 Å². The highest BCUT2D eigenvalue weighted by Crippen LogP contribution is 2.17. The van der Waals surface area contributed by atoms with Gasteiger partial charge in [0.15, 0.2) is 0 Å². The second-order valence-corrected chi connectivity index (χ2v) is 8.10. The molecule has 2 amide bonds. The molecule has 0 aliphatic carbocycles. The molecule has 1 heterocycles. The van der Waals surface area contributed by atoms with Gasteiger partial charge in [0.1, 0.15) is 0 Å². The Morgan fingerprint density at radius 2 is 1.52 bits per heavy atom. The summed E-state index contributed by atoms with van der Waals surface area (Å²) >= 11 is 0. The summed E-state index contributed by atoms with van der Waals surface area (Å²) in [5, 5.41) is 7.97. The van der Waals surface area contributed by atoms with E-state index in [4.69, 9.17) is 0 Å². The Labute approximate surface area is 183 Å². The van der Waals surface area contributed by atoms with Gasteiger partial charge in [-0.2, -0.15) is 0 Å². The van der Waals surface area contributed by atoms with Crippen LogP contribution in [0.5, 0.6) is 0 Å². The number of nitrogens with one attached hydrogen (secondary N) is 2. The summed E-state index contributed by atoms with van der Waals surface area (Å²) in [4.78, 5) is 27.2. The molecule has 1 aliphatic heterocycles. The monoisotopic (exact) mass is 415 g/mol. The zero-order valence-corrected chi connectivity index (χ0v) is 17.8. The average Bonchev–Trinajstić information content (AvgIpc) is 3.31. The van der Waals surface area contributed by atoms with E-state index in [0.29, 0.717) is 18.7 Å². The van der Waals surface area contributed by atoms with Crippen molar-refractivity contribution in [3.8, 4) is 0 Å². The standard InChI is InChI=1S/C26H29N3O2/c30-25(28-18-23-9-3-4-10-24(23)19-29-15-5-6-16-29)13-14-27-26(31)22-12-11-20-7-1-2-8-21(20)17-22/h1-4,7-12,17H,5-6,13-16,18-19H2,(H,27,31)(H,28,30). The molecule has 160 valence electrons. The van der Waals surface area contributed by atoms with Crippen molar-refractivity contribution in [1.29, 1.82) is 0 Å². The Kier molecular flexibility index (Phi) is 6.95. The zero-order valence-electron chi connectivity index (χ0n) is 17.8. The molecule has 0 bridgehead atoms. The highest BCUT2D eigenvalue weighted by molar-refractivity contribution is 5.98. The predicted octanol–water partition coefficient (Wildman–Crippen LogP) is 3.87. The van der Waals surface area contributed by atoms with Crippen LogP contribution in [0, 0.1) is 0 Å². The molecule has 5 heteroatoms. The second kappa shape index (κ2) is 10.2. The van der Waals surface area contributed by atoms with Gasteiger partial charge in [0.05, 0.1) is 0 Å². The normalized spacial score (nSPS) is 13.9. The second-order valence-electron chi connectivity index (χ2n) is 8.10. The van der Waals surface area contributed by atoms with E-state index in [2.05, 4.69) is 33.7 Å². The highest BCUT2D eigenvalue weighted by Gasteiger charge is 2.14. The van der Waals surface area contributed by atoms with Gasteiger partial charge in [0, 0.05) is 31.6 Å². The van der Waals surface area contributed by atoms with Crippen LogP contribution in [0.4, 0.5) is 0 Å². The molecule has 0 spiro atoms. The Bertz CT molecular complexity index is 1060. The topological polar surface area (TPSA) is 61.4 Å². The minimum atomic E-state index is -0.158. The van der Waals surface area contributed by atoms with Crippen LogP contribution in [0.25, 0.3) is 10.8 Å². The van der Waals surface area contributed by atoms with Crippen LogP contribution in [0.1, 0.15) is 40.7 Å². The fourth-order valence-electron chi connectivity index (χ4n) is 4.07. The summed E-state index contributed by atoms with van der Waals surface area (Å²) in [7, 11) is 0. The first-order chi connectivity index (χ1) is 15.2. The lowest BCUT2D eigenvalue weighted by Crippen LogP contribution is -2.30. The van der Waals surface area contributed by atoms with Gasteiger partial charge in [-0.15, -0.1) is 0 Å². The van der Waals surface area contributed by atoms with E-state index in [1.807, 2.05) is 48.5 Å². The van der Waals surface area contributed by atoms with Crippen LogP contribution in [0.3, 0.4) is 0 Å². The van der Waals surface area contributed by atoms with Gasteiger partial charge in [-0.1, -0.05) is 54.6 Å². The Morgan fingerprint density at radius 3 is 2.32 bits per heavy atom. The van der Waals surface area contributed by atoms with Gasteiger partial charge in [0.25, 0.3) is 5.91 Å². The molecule has 0 unspecified atom stereocenters. The number of rotatable bonds is 8. The molecular weight excluding hydrogens is 386 g/mol. The molecule has 1 fully saturated rings. The van der Waals surface area contributed by atoms with E-state index in [0.717, 1.165) is 36.0 Å². The van der Waals surface area contributed by atoms with Gasteiger partial charge in [-0.3, -0.25) is 14.5 Å². The average molecular weight is 416 g/mol. The molecule has 1 aliphatic rings. The molecule has 4 rings (SSSR count). The van der Waals surface area contributed by atoms with E-state index in [1.165, 1.54) is 18.4 Å². The quantitative estimate of drug-likeness (QED) is 0.587. The fraction of sp³-hybridized carbons (Fsp3) is 0.308. The van der Waals surface area contributed by atoms with Crippen LogP contribution < -0.4 is 10.6 Å². The highest BCUT2D eigenvalue weighted by atomic mass is 16.2. The van der Waals surface area contributed by atoms with Gasteiger partial charge >= 0.3 is 0 Å². The van der Waals surface area contributed by atoms with E-state index in [-0.39, 0.29) is 18.2 Å². The van der Waals surface area contributed by atoms with Gasteiger partial charge in [-0.25, -0.2) is 0 Å². The van der Waals surface area contributed by atoms with Gasteiger partial charge in [-0.05, 0) is 60.0 Å². The Balaban J connectivity index is 1.23. The molecule has 3 aromatic carbocycles. The molecule has 31 heavy (non-hydrogen) atoms. The molecule has 3 aromatic rings. The largest absolute Gasteiger partial charge is 0.352 e. The molecule has 0 aromatic heterocycles. The number of likely N-dealkylation sites (tertiary alicyclic amines) is 1. The third kappa shape index (κ3) is 5.70. The smallest absolute Gasteiger partial charge is 0.251 e. The first-order valence-electron chi connectivity index (χ1n) is 11.0. The lowest BCUT2D eigenvalue weighted by molar-refractivity contribution is -0.121. The van der Waals surface area contributed by atoms with E-state index >= 15 is 0 Å². The number of benzene rings is 3. The first-order valence-corrected chi connectivity index (χ1v) is 11.0. The van der Waals surface area contributed by atoms with Crippen LogP contribution in [-0.2, 0) is 17.9 Å². The minimum absolute atomic E-state index is 0.0604. The summed E-state index contributed by atoms with van der Waals surface area (Å²) in [5.41, 5.74) is 3.03. The third-order valence-corrected chi connectivity index (χ3v) is 5.84. The molecule has 2 N–H and O–H groups in total. The van der Waals surface area contributed by atoms with Crippen molar-refractivity contribution in [3.63, 3.8) is 0 Å². The summed E-state index contributed by atoms with van der Waals surface area (Å²) in [6.07, 6.45) is 2.79. The van der Waals surface area contributed by atoms with Crippen LogP contribution in [0.15, 0.2) is 66.7 Å². The maximum Gasteiger partial charge on any atom is 0.251 e. The number of amides is 2. The molecule has 0 saturated carbocycles. The maximum absolute atomic E-state index is 12.4. The summed E-state index contributed by atoms with van der Waals surface area (Å²) in [6, 6.07) is 21.9. The zero-order chi connectivity index (χ0) is 21.5. The van der Waals surface area contributed by atoms with Gasteiger partial charge < -0.3 is 10.6 Å².